The SMILES string of the molecule is COc1cc(/C=C2/SC(=O)N(CC(=O)N3CCCC3)C2=O)ccc1OCc1cccc(C(=O)O)c1. The Morgan fingerprint density at radius 3 is 2.57 bits per heavy atom. The second-order valence-electron chi connectivity index (χ2n) is 8.06. The molecule has 0 spiro atoms. The van der Waals surface area contributed by atoms with Gasteiger partial charge in [-0.05, 0) is 66.1 Å². The molecule has 2 aromatic carbocycles. The Morgan fingerprint density at radius 1 is 1.09 bits per heavy atom. The van der Waals surface area contributed by atoms with Crippen molar-refractivity contribution in [2.24, 2.45) is 0 Å². The van der Waals surface area contributed by atoms with Crippen LogP contribution in [0.15, 0.2) is 47.4 Å². The lowest BCUT2D eigenvalue weighted by Gasteiger charge is -2.18. The first-order valence-corrected chi connectivity index (χ1v) is 11.8. The molecule has 0 atom stereocenters. The third-order valence-corrected chi connectivity index (χ3v) is 6.59. The number of thioether (sulfide) groups is 1. The van der Waals surface area contributed by atoms with Gasteiger partial charge < -0.3 is 19.5 Å². The van der Waals surface area contributed by atoms with Crippen LogP contribution in [0.5, 0.6) is 11.5 Å². The van der Waals surface area contributed by atoms with Crippen LogP contribution in [0.1, 0.15) is 34.3 Å². The van der Waals surface area contributed by atoms with Gasteiger partial charge in [-0.25, -0.2) is 4.79 Å². The lowest BCUT2D eigenvalue weighted by Crippen LogP contribution is -2.40. The Balaban J connectivity index is 1.44. The Bertz CT molecular complexity index is 1200. The van der Waals surface area contributed by atoms with E-state index in [9.17, 15) is 19.2 Å². The molecule has 2 saturated heterocycles. The van der Waals surface area contributed by atoms with E-state index < -0.39 is 17.1 Å². The van der Waals surface area contributed by atoms with Gasteiger partial charge in [0.1, 0.15) is 13.2 Å². The van der Waals surface area contributed by atoms with E-state index in [1.54, 1.807) is 41.3 Å². The van der Waals surface area contributed by atoms with E-state index in [0.717, 1.165) is 29.5 Å². The van der Waals surface area contributed by atoms with E-state index in [0.29, 0.717) is 35.7 Å². The summed E-state index contributed by atoms with van der Waals surface area (Å²) >= 11 is 0.798. The van der Waals surface area contributed by atoms with Gasteiger partial charge in [0.15, 0.2) is 11.5 Å². The average Bonchev–Trinajstić information content (AvgIpc) is 3.48. The van der Waals surface area contributed by atoms with Crippen LogP contribution >= 0.6 is 11.8 Å². The van der Waals surface area contributed by atoms with Crippen LogP contribution in [0.25, 0.3) is 6.08 Å². The van der Waals surface area contributed by atoms with Crippen molar-refractivity contribution in [3.8, 4) is 11.5 Å². The molecule has 9 nitrogen and oxygen atoms in total. The summed E-state index contributed by atoms with van der Waals surface area (Å²) < 4.78 is 11.2. The Hall–Kier alpha value is -3.79. The van der Waals surface area contributed by atoms with Crippen LogP contribution in [0.3, 0.4) is 0 Å². The number of nitrogens with zero attached hydrogens (tertiary/aromatic N) is 2. The van der Waals surface area contributed by atoms with Crippen molar-refractivity contribution < 1.29 is 33.8 Å². The quantitative estimate of drug-likeness (QED) is 0.551. The van der Waals surface area contributed by atoms with Crippen molar-refractivity contribution in [1.29, 1.82) is 0 Å². The molecule has 182 valence electrons. The number of likely N-dealkylation sites (tertiary alicyclic amines) is 1. The summed E-state index contributed by atoms with van der Waals surface area (Å²) in [6.45, 7) is 1.20. The molecule has 2 aromatic rings. The number of ether oxygens (including phenoxy) is 2. The van der Waals surface area contributed by atoms with Crippen LogP contribution in [-0.4, -0.2) is 64.7 Å². The topological polar surface area (TPSA) is 113 Å². The number of amides is 3. The molecule has 0 radical (unpaired) electrons. The van der Waals surface area contributed by atoms with Gasteiger partial charge in [0.05, 0.1) is 17.6 Å². The summed E-state index contributed by atoms with van der Waals surface area (Å²) in [5, 5.41) is 8.67. The smallest absolute Gasteiger partial charge is 0.335 e. The van der Waals surface area contributed by atoms with Gasteiger partial charge in [-0.3, -0.25) is 19.3 Å². The van der Waals surface area contributed by atoms with Crippen molar-refractivity contribution >= 4 is 40.9 Å². The number of carbonyl (C=O) groups is 4. The van der Waals surface area contributed by atoms with Gasteiger partial charge in [0.25, 0.3) is 11.1 Å². The second-order valence-corrected chi connectivity index (χ2v) is 9.05. The van der Waals surface area contributed by atoms with Gasteiger partial charge in [-0.1, -0.05) is 18.2 Å². The zero-order valence-electron chi connectivity index (χ0n) is 19.1. The Labute approximate surface area is 206 Å². The molecule has 0 unspecified atom stereocenters. The van der Waals surface area contributed by atoms with Crippen LogP contribution in [0, 0.1) is 0 Å². The molecule has 3 amide bonds. The largest absolute Gasteiger partial charge is 0.493 e. The highest BCUT2D eigenvalue weighted by molar-refractivity contribution is 8.18. The molecule has 2 aliphatic heterocycles. The van der Waals surface area contributed by atoms with Gasteiger partial charge in [0.2, 0.25) is 5.91 Å². The molecule has 4 rings (SSSR count). The number of aromatic carboxylic acids is 1. The summed E-state index contributed by atoms with van der Waals surface area (Å²) in [6.07, 6.45) is 3.45. The second kappa shape index (κ2) is 10.6. The number of hydrogen-bond donors (Lipinski definition) is 1. The molecule has 1 N–H and O–H groups in total. The first-order valence-electron chi connectivity index (χ1n) is 11.0. The predicted molar refractivity (Wildman–Crippen MR) is 129 cm³/mol. The van der Waals surface area contributed by atoms with Crippen molar-refractivity contribution in [1.82, 2.24) is 9.80 Å². The number of carbonyl (C=O) groups excluding carboxylic acids is 3. The zero-order chi connectivity index (χ0) is 24.9. The lowest BCUT2D eigenvalue weighted by molar-refractivity contribution is -0.135. The fraction of sp³-hybridized carbons (Fsp3) is 0.280. The van der Waals surface area contributed by atoms with E-state index in [1.165, 1.54) is 19.2 Å². The number of methoxy groups -OCH3 is 1. The van der Waals surface area contributed by atoms with E-state index in [4.69, 9.17) is 14.6 Å². The zero-order valence-corrected chi connectivity index (χ0v) is 19.9. The highest BCUT2D eigenvalue weighted by atomic mass is 32.2. The van der Waals surface area contributed by atoms with Gasteiger partial charge in [0, 0.05) is 13.1 Å². The van der Waals surface area contributed by atoms with Crippen molar-refractivity contribution in [3.05, 3.63) is 64.1 Å². The van der Waals surface area contributed by atoms with Gasteiger partial charge in [-0.15, -0.1) is 0 Å². The standard InChI is InChI=1S/C25H24N2O7S/c1-33-20-12-16(7-8-19(20)34-15-17-5-4-6-18(11-17)24(30)31)13-21-23(29)27(25(32)35-21)14-22(28)26-9-2-3-10-26/h4-8,11-13H,2-3,9-10,14-15H2,1H3,(H,30,31)/b21-13+. The van der Waals surface area contributed by atoms with Crippen molar-refractivity contribution in [2.45, 2.75) is 19.4 Å². The first kappa shape index (κ1) is 24.3. The van der Waals surface area contributed by atoms with Crippen LogP contribution in [-0.2, 0) is 16.2 Å². The molecule has 2 aliphatic rings. The molecule has 35 heavy (non-hydrogen) atoms. The van der Waals surface area contributed by atoms with Crippen LogP contribution in [0.4, 0.5) is 4.79 Å². The molecular formula is C25H24N2O7S. The summed E-state index contributed by atoms with van der Waals surface area (Å²) in [5.74, 6) is -0.877. The Kier molecular flexibility index (Phi) is 7.40. The predicted octanol–water partition coefficient (Wildman–Crippen LogP) is 3.63. The average molecular weight is 497 g/mol. The van der Waals surface area contributed by atoms with E-state index in [1.807, 2.05) is 0 Å². The lowest BCUT2D eigenvalue weighted by atomic mass is 10.1. The molecule has 0 saturated carbocycles. The van der Waals surface area contributed by atoms with Crippen LogP contribution in [0.2, 0.25) is 0 Å². The monoisotopic (exact) mass is 496 g/mol. The fourth-order valence-corrected chi connectivity index (χ4v) is 4.68. The number of hydrogen-bond acceptors (Lipinski definition) is 7. The van der Waals surface area contributed by atoms with E-state index >= 15 is 0 Å². The minimum absolute atomic E-state index is 0.140. The van der Waals surface area contributed by atoms with Crippen molar-refractivity contribution in [3.63, 3.8) is 0 Å². The maximum absolute atomic E-state index is 12.8. The molecule has 2 fully saturated rings. The molecule has 0 bridgehead atoms. The molecule has 0 aliphatic carbocycles. The van der Waals surface area contributed by atoms with Gasteiger partial charge in [-0.2, -0.15) is 0 Å². The summed E-state index contributed by atoms with van der Waals surface area (Å²) in [7, 11) is 1.48. The number of imide groups is 1. The minimum atomic E-state index is -1.02. The minimum Gasteiger partial charge on any atom is -0.493 e. The summed E-state index contributed by atoms with van der Waals surface area (Å²) in [6, 6.07) is 11.5. The normalized spacial score (nSPS) is 16.8. The summed E-state index contributed by atoms with van der Waals surface area (Å²) in [4.78, 5) is 51.6. The number of benzene rings is 2. The van der Waals surface area contributed by atoms with E-state index in [2.05, 4.69) is 0 Å². The molecular weight excluding hydrogens is 472 g/mol. The summed E-state index contributed by atoms with van der Waals surface area (Å²) in [5.41, 5.74) is 1.48. The van der Waals surface area contributed by atoms with Crippen molar-refractivity contribution in [2.75, 3.05) is 26.7 Å². The molecule has 10 heteroatoms. The third-order valence-electron chi connectivity index (χ3n) is 5.68. The maximum atomic E-state index is 12.8. The highest BCUT2D eigenvalue weighted by Crippen LogP contribution is 2.35. The fourth-order valence-electron chi connectivity index (χ4n) is 3.84. The van der Waals surface area contributed by atoms with Gasteiger partial charge >= 0.3 is 5.97 Å². The maximum Gasteiger partial charge on any atom is 0.335 e. The third kappa shape index (κ3) is 5.65. The highest BCUT2D eigenvalue weighted by Gasteiger charge is 2.37. The van der Waals surface area contributed by atoms with E-state index in [-0.39, 0.29) is 29.5 Å². The number of rotatable bonds is 8. The number of carboxylic acid groups (broad SMARTS) is 1. The number of carboxylic acids is 1. The first-order chi connectivity index (χ1) is 16.9. The Morgan fingerprint density at radius 2 is 1.86 bits per heavy atom. The van der Waals surface area contributed by atoms with Crippen LogP contribution < -0.4 is 9.47 Å². The molecule has 2 heterocycles. The molecule has 0 aromatic heterocycles.